The molecule has 0 amide bonds. The highest BCUT2D eigenvalue weighted by molar-refractivity contribution is 5.62. The van der Waals surface area contributed by atoms with Gasteiger partial charge in [0.1, 0.15) is 5.75 Å². The lowest BCUT2D eigenvalue weighted by Crippen LogP contribution is -2.06. The molecule has 1 N–H and O–H groups in total. The smallest absolute Gasteiger partial charge is 0.115 e. The summed E-state index contributed by atoms with van der Waals surface area (Å²) in [6.45, 7) is 3.03. The number of phenols is 1. The van der Waals surface area contributed by atoms with Crippen molar-refractivity contribution >= 4 is 0 Å². The number of benzene rings is 2. The van der Waals surface area contributed by atoms with Gasteiger partial charge in [-0.05, 0) is 78.8 Å². The van der Waals surface area contributed by atoms with Crippen molar-refractivity contribution in [2.75, 3.05) is 0 Å². The maximum atomic E-state index is 9.54. The molecule has 0 bridgehead atoms. The first kappa shape index (κ1) is 17.0. The molecular formula is C24H27NO. The van der Waals surface area contributed by atoms with Gasteiger partial charge in [-0.15, -0.1) is 0 Å². The molecule has 2 nitrogen and oxygen atoms in total. The van der Waals surface area contributed by atoms with Crippen LogP contribution in [0.15, 0.2) is 60.7 Å². The molecule has 26 heavy (non-hydrogen) atoms. The molecule has 1 fully saturated rings. The van der Waals surface area contributed by atoms with E-state index < -0.39 is 0 Å². The van der Waals surface area contributed by atoms with Crippen molar-refractivity contribution in [3.05, 3.63) is 77.5 Å². The van der Waals surface area contributed by atoms with Crippen molar-refractivity contribution < 1.29 is 5.11 Å². The number of rotatable bonds is 4. The Morgan fingerprint density at radius 1 is 0.846 bits per heavy atom. The molecular weight excluding hydrogens is 318 g/mol. The van der Waals surface area contributed by atoms with Gasteiger partial charge in [0.2, 0.25) is 0 Å². The third-order valence-electron chi connectivity index (χ3n) is 5.76. The van der Waals surface area contributed by atoms with Crippen molar-refractivity contribution in [2.24, 2.45) is 0 Å². The lowest BCUT2D eigenvalue weighted by atomic mass is 9.84. The van der Waals surface area contributed by atoms with Gasteiger partial charge in [0.15, 0.2) is 0 Å². The molecule has 1 aliphatic carbocycles. The van der Waals surface area contributed by atoms with Gasteiger partial charge >= 0.3 is 0 Å². The summed E-state index contributed by atoms with van der Waals surface area (Å²) < 4.78 is 2.35. The molecule has 1 aliphatic rings. The Labute approximate surface area is 156 Å². The number of aryl methyl sites for hydroxylation is 1. The van der Waals surface area contributed by atoms with E-state index in [1.807, 2.05) is 12.1 Å². The first-order chi connectivity index (χ1) is 12.7. The van der Waals surface area contributed by atoms with E-state index in [1.165, 1.54) is 54.6 Å². The fraction of sp³-hybridized carbons (Fsp3) is 0.333. The molecule has 0 unspecified atom stereocenters. The highest BCUT2D eigenvalue weighted by Crippen LogP contribution is 2.33. The normalized spacial score (nSPS) is 15.3. The largest absolute Gasteiger partial charge is 0.508 e. The number of hydrogen-bond donors (Lipinski definition) is 1. The molecule has 2 aromatic carbocycles. The van der Waals surface area contributed by atoms with E-state index in [4.69, 9.17) is 0 Å². The Morgan fingerprint density at radius 3 is 2.23 bits per heavy atom. The zero-order chi connectivity index (χ0) is 17.9. The van der Waals surface area contributed by atoms with Gasteiger partial charge in [-0.1, -0.05) is 43.5 Å². The van der Waals surface area contributed by atoms with Crippen molar-refractivity contribution in [1.82, 2.24) is 4.57 Å². The van der Waals surface area contributed by atoms with Crippen molar-refractivity contribution in [3.63, 3.8) is 0 Å². The van der Waals surface area contributed by atoms with Gasteiger partial charge < -0.3 is 9.67 Å². The van der Waals surface area contributed by atoms with E-state index in [0.717, 1.165) is 18.0 Å². The summed E-state index contributed by atoms with van der Waals surface area (Å²) in [5.74, 6) is 1.07. The zero-order valence-corrected chi connectivity index (χ0v) is 15.5. The highest BCUT2D eigenvalue weighted by atomic mass is 16.3. The minimum absolute atomic E-state index is 0.307. The van der Waals surface area contributed by atoms with Crippen molar-refractivity contribution in [3.8, 4) is 17.0 Å². The topological polar surface area (TPSA) is 25.2 Å². The molecule has 0 saturated heterocycles. The summed E-state index contributed by atoms with van der Waals surface area (Å²) in [5, 5.41) is 9.54. The predicted molar refractivity (Wildman–Crippen MR) is 108 cm³/mol. The molecule has 0 aliphatic heterocycles. The molecule has 0 atom stereocenters. The monoisotopic (exact) mass is 345 g/mol. The van der Waals surface area contributed by atoms with Crippen LogP contribution in [-0.4, -0.2) is 9.67 Å². The average molecular weight is 345 g/mol. The molecule has 1 aromatic heterocycles. The second kappa shape index (κ2) is 7.41. The second-order valence-electron chi connectivity index (χ2n) is 7.57. The number of aromatic nitrogens is 1. The summed E-state index contributed by atoms with van der Waals surface area (Å²) >= 11 is 0. The lowest BCUT2D eigenvalue weighted by molar-refractivity contribution is 0.443. The Morgan fingerprint density at radius 2 is 1.54 bits per heavy atom. The Kier molecular flexibility index (Phi) is 4.83. The molecule has 1 heterocycles. The number of aromatic hydroxyl groups is 1. The second-order valence-corrected chi connectivity index (χ2v) is 7.57. The van der Waals surface area contributed by atoms with E-state index in [2.05, 4.69) is 47.9 Å². The van der Waals surface area contributed by atoms with Crippen LogP contribution in [0.4, 0.5) is 0 Å². The minimum Gasteiger partial charge on any atom is -0.508 e. The average Bonchev–Trinajstić information content (AvgIpc) is 3.04. The van der Waals surface area contributed by atoms with Crippen LogP contribution < -0.4 is 0 Å². The third-order valence-corrected chi connectivity index (χ3v) is 5.76. The predicted octanol–water partition coefficient (Wildman–Crippen LogP) is 6.27. The van der Waals surface area contributed by atoms with Gasteiger partial charge in [-0.2, -0.15) is 0 Å². The number of phenolic OH excluding ortho intramolecular Hbond substituents is 1. The van der Waals surface area contributed by atoms with Crippen LogP contribution in [0.2, 0.25) is 0 Å². The summed E-state index contributed by atoms with van der Waals surface area (Å²) in [5.41, 5.74) is 6.43. The van der Waals surface area contributed by atoms with Crippen LogP contribution >= 0.6 is 0 Å². The van der Waals surface area contributed by atoms with Gasteiger partial charge in [0, 0.05) is 17.9 Å². The van der Waals surface area contributed by atoms with Crippen LogP contribution in [0.5, 0.6) is 5.75 Å². The molecule has 0 radical (unpaired) electrons. The maximum absolute atomic E-state index is 9.54. The van der Waals surface area contributed by atoms with E-state index in [9.17, 15) is 5.11 Å². The van der Waals surface area contributed by atoms with E-state index in [0.29, 0.717) is 5.75 Å². The van der Waals surface area contributed by atoms with Crippen LogP contribution in [0, 0.1) is 6.92 Å². The lowest BCUT2D eigenvalue weighted by Gasteiger charge is -2.22. The Balaban J connectivity index is 1.55. The highest BCUT2D eigenvalue weighted by Gasteiger charge is 2.15. The Hall–Kier alpha value is -2.48. The van der Waals surface area contributed by atoms with Crippen LogP contribution in [0.25, 0.3) is 11.3 Å². The summed E-state index contributed by atoms with van der Waals surface area (Å²) in [4.78, 5) is 0. The maximum Gasteiger partial charge on any atom is 0.115 e. The first-order valence-corrected chi connectivity index (χ1v) is 9.75. The summed E-state index contributed by atoms with van der Waals surface area (Å²) in [6.07, 6.45) is 6.86. The quantitative estimate of drug-likeness (QED) is 0.592. The SMILES string of the molecule is Cc1ccc(-c2ccc(O)cc2)n1Cc1ccc(C2CCCCC2)cc1. The van der Waals surface area contributed by atoms with Crippen molar-refractivity contribution in [1.29, 1.82) is 0 Å². The van der Waals surface area contributed by atoms with Crippen LogP contribution in [0.1, 0.15) is 54.8 Å². The Bertz CT molecular complexity index is 852. The standard InChI is InChI=1S/C24H27NO/c1-18-7-16-24(22-12-14-23(26)15-13-22)25(18)17-19-8-10-21(11-9-19)20-5-3-2-4-6-20/h7-16,20,26H,2-6,17H2,1H3. The summed E-state index contributed by atoms with van der Waals surface area (Å²) in [6, 6.07) is 21.1. The van der Waals surface area contributed by atoms with Crippen LogP contribution in [-0.2, 0) is 6.54 Å². The third kappa shape index (κ3) is 3.55. The number of hydrogen-bond acceptors (Lipinski definition) is 1. The summed E-state index contributed by atoms with van der Waals surface area (Å²) in [7, 11) is 0. The first-order valence-electron chi connectivity index (χ1n) is 9.75. The fourth-order valence-electron chi connectivity index (χ4n) is 4.18. The van der Waals surface area contributed by atoms with Crippen molar-refractivity contribution in [2.45, 2.75) is 51.5 Å². The van der Waals surface area contributed by atoms with Crippen LogP contribution in [0.3, 0.4) is 0 Å². The fourth-order valence-corrected chi connectivity index (χ4v) is 4.18. The zero-order valence-electron chi connectivity index (χ0n) is 15.5. The van der Waals surface area contributed by atoms with Gasteiger partial charge in [0.05, 0.1) is 0 Å². The van der Waals surface area contributed by atoms with E-state index in [-0.39, 0.29) is 0 Å². The molecule has 4 rings (SSSR count). The van der Waals surface area contributed by atoms with Gasteiger partial charge in [-0.25, -0.2) is 0 Å². The van der Waals surface area contributed by atoms with Gasteiger partial charge in [-0.3, -0.25) is 0 Å². The van der Waals surface area contributed by atoms with E-state index in [1.54, 1.807) is 12.1 Å². The molecule has 3 aromatic rings. The number of nitrogens with zero attached hydrogens (tertiary/aromatic N) is 1. The molecule has 0 spiro atoms. The molecule has 1 saturated carbocycles. The van der Waals surface area contributed by atoms with Gasteiger partial charge in [0.25, 0.3) is 0 Å². The molecule has 2 heteroatoms. The molecule has 134 valence electrons. The minimum atomic E-state index is 0.307. The van der Waals surface area contributed by atoms with E-state index >= 15 is 0 Å².